The van der Waals surface area contributed by atoms with Crippen molar-refractivity contribution in [1.82, 2.24) is 5.32 Å². The number of anilines is 2. The lowest BCUT2D eigenvalue weighted by Crippen LogP contribution is -2.30. The highest BCUT2D eigenvalue weighted by molar-refractivity contribution is 5.96. The Morgan fingerprint density at radius 3 is 2.77 bits per heavy atom. The third-order valence-corrected chi connectivity index (χ3v) is 3.88. The fraction of sp³-hybridized carbons (Fsp3) is 0.500. The maximum atomic E-state index is 11.9. The van der Waals surface area contributed by atoms with Crippen LogP contribution in [0, 0.1) is 0 Å². The van der Waals surface area contributed by atoms with Crippen LogP contribution in [0.2, 0.25) is 0 Å². The highest BCUT2D eigenvalue weighted by atomic mass is 16.1. The number of hydrogen-bond donors (Lipinski definition) is 3. The molecule has 1 aromatic carbocycles. The molecule has 0 unspecified atom stereocenters. The molecule has 1 aromatic rings. The third-order valence-electron chi connectivity index (χ3n) is 3.88. The zero-order chi connectivity index (χ0) is 15.9. The monoisotopic (exact) mass is 301 g/mol. The Hall–Kier alpha value is -1.97. The molecule has 0 fully saturated rings. The smallest absolute Gasteiger partial charge is 0.251 e. The first-order valence-electron chi connectivity index (χ1n) is 8.18. The van der Waals surface area contributed by atoms with Crippen molar-refractivity contribution in [2.24, 2.45) is 0 Å². The molecule has 0 spiro atoms. The molecule has 0 saturated carbocycles. The van der Waals surface area contributed by atoms with Gasteiger partial charge in [-0.3, -0.25) is 4.79 Å². The summed E-state index contributed by atoms with van der Waals surface area (Å²) in [5.41, 5.74) is 9.72. The van der Waals surface area contributed by atoms with Gasteiger partial charge in [-0.05, 0) is 64.2 Å². The van der Waals surface area contributed by atoms with Crippen LogP contribution in [0.15, 0.2) is 29.8 Å². The molecule has 0 radical (unpaired) electrons. The van der Waals surface area contributed by atoms with Crippen molar-refractivity contribution in [3.8, 4) is 0 Å². The first kappa shape index (κ1) is 16.4. The fourth-order valence-electron chi connectivity index (χ4n) is 2.70. The molecule has 1 aliphatic rings. The molecule has 0 bridgehead atoms. The summed E-state index contributed by atoms with van der Waals surface area (Å²) >= 11 is 0. The predicted molar refractivity (Wildman–Crippen MR) is 93.1 cm³/mol. The van der Waals surface area contributed by atoms with Gasteiger partial charge in [0.1, 0.15) is 0 Å². The van der Waals surface area contributed by atoms with Crippen LogP contribution in [0.4, 0.5) is 11.4 Å². The number of rotatable bonds is 6. The molecule has 4 N–H and O–H groups in total. The van der Waals surface area contributed by atoms with Gasteiger partial charge in [0.25, 0.3) is 5.91 Å². The first-order chi connectivity index (χ1) is 10.6. The van der Waals surface area contributed by atoms with Gasteiger partial charge in [-0.15, -0.1) is 0 Å². The molecule has 1 amide bonds. The minimum absolute atomic E-state index is 0.0828. The van der Waals surface area contributed by atoms with Gasteiger partial charge in [-0.25, -0.2) is 0 Å². The number of carbonyl (C=O) groups excluding carboxylic acids is 1. The Bertz CT molecular complexity index is 549. The Kier molecular flexibility index (Phi) is 5.87. The second-order valence-corrected chi connectivity index (χ2v) is 6.22. The summed E-state index contributed by atoms with van der Waals surface area (Å²) in [6.45, 7) is 4.77. The molecule has 0 heterocycles. The van der Waals surface area contributed by atoms with E-state index in [4.69, 9.17) is 5.73 Å². The summed E-state index contributed by atoms with van der Waals surface area (Å²) in [6.07, 6.45) is 8.52. The second-order valence-electron chi connectivity index (χ2n) is 6.22. The van der Waals surface area contributed by atoms with Crippen molar-refractivity contribution in [1.29, 1.82) is 0 Å². The summed E-state index contributed by atoms with van der Waals surface area (Å²) in [7, 11) is 0. The molecule has 0 atom stereocenters. The maximum absolute atomic E-state index is 11.9. The van der Waals surface area contributed by atoms with E-state index in [0.29, 0.717) is 11.3 Å². The van der Waals surface area contributed by atoms with E-state index in [1.165, 1.54) is 25.7 Å². The molecule has 0 aliphatic heterocycles. The highest BCUT2D eigenvalue weighted by Crippen LogP contribution is 2.22. The molecule has 22 heavy (non-hydrogen) atoms. The van der Waals surface area contributed by atoms with Crippen molar-refractivity contribution < 1.29 is 4.79 Å². The molecule has 2 rings (SSSR count). The summed E-state index contributed by atoms with van der Waals surface area (Å²) in [6, 6.07) is 5.56. The number of nitrogen functional groups attached to an aromatic ring is 1. The topological polar surface area (TPSA) is 67.2 Å². The molecule has 120 valence electrons. The summed E-state index contributed by atoms with van der Waals surface area (Å²) in [5.74, 6) is -0.0828. The van der Waals surface area contributed by atoms with Gasteiger partial charge in [-0.2, -0.15) is 0 Å². The van der Waals surface area contributed by atoms with E-state index in [0.717, 1.165) is 18.7 Å². The zero-order valence-electron chi connectivity index (χ0n) is 13.6. The van der Waals surface area contributed by atoms with Gasteiger partial charge in [-0.1, -0.05) is 11.6 Å². The lowest BCUT2D eigenvalue weighted by Gasteiger charge is -2.15. The van der Waals surface area contributed by atoms with E-state index in [2.05, 4.69) is 16.7 Å². The van der Waals surface area contributed by atoms with E-state index in [1.54, 1.807) is 11.6 Å². The van der Waals surface area contributed by atoms with Crippen LogP contribution < -0.4 is 16.4 Å². The van der Waals surface area contributed by atoms with Crippen LogP contribution >= 0.6 is 0 Å². The van der Waals surface area contributed by atoms with Crippen molar-refractivity contribution >= 4 is 17.3 Å². The van der Waals surface area contributed by atoms with Crippen LogP contribution in [-0.4, -0.2) is 18.5 Å². The third kappa shape index (κ3) is 4.79. The summed E-state index contributed by atoms with van der Waals surface area (Å²) in [5, 5.41) is 6.24. The van der Waals surface area contributed by atoms with E-state index >= 15 is 0 Å². The largest absolute Gasteiger partial charge is 0.397 e. The average molecular weight is 301 g/mol. The second kappa shape index (κ2) is 7.87. The van der Waals surface area contributed by atoms with E-state index in [-0.39, 0.29) is 11.9 Å². The van der Waals surface area contributed by atoms with Gasteiger partial charge in [0.15, 0.2) is 0 Å². The van der Waals surface area contributed by atoms with Crippen LogP contribution in [-0.2, 0) is 0 Å². The lowest BCUT2D eigenvalue weighted by atomic mass is 9.97. The molecule has 4 nitrogen and oxygen atoms in total. The van der Waals surface area contributed by atoms with Gasteiger partial charge in [0, 0.05) is 18.2 Å². The van der Waals surface area contributed by atoms with Gasteiger partial charge in [0.2, 0.25) is 0 Å². The van der Waals surface area contributed by atoms with Gasteiger partial charge < -0.3 is 16.4 Å². The van der Waals surface area contributed by atoms with E-state index in [1.807, 2.05) is 26.0 Å². The summed E-state index contributed by atoms with van der Waals surface area (Å²) in [4.78, 5) is 11.9. The number of allylic oxidation sites excluding steroid dienone is 1. The van der Waals surface area contributed by atoms with Crippen LogP contribution in [0.5, 0.6) is 0 Å². The van der Waals surface area contributed by atoms with Crippen molar-refractivity contribution in [3.63, 3.8) is 0 Å². The molecule has 4 heteroatoms. The Morgan fingerprint density at radius 1 is 1.32 bits per heavy atom. The van der Waals surface area contributed by atoms with Crippen LogP contribution in [0.1, 0.15) is 56.3 Å². The molecule has 1 aliphatic carbocycles. The highest BCUT2D eigenvalue weighted by Gasteiger charge is 2.09. The molecular weight excluding hydrogens is 274 g/mol. The van der Waals surface area contributed by atoms with Gasteiger partial charge >= 0.3 is 0 Å². The van der Waals surface area contributed by atoms with Crippen molar-refractivity contribution in [3.05, 3.63) is 35.4 Å². The Labute approximate surface area is 133 Å². The minimum Gasteiger partial charge on any atom is -0.397 e. The molecule has 0 aromatic heterocycles. The average Bonchev–Trinajstić information content (AvgIpc) is 2.49. The van der Waals surface area contributed by atoms with Crippen LogP contribution in [0.3, 0.4) is 0 Å². The standard InChI is InChI=1S/C18H27N3O/c1-13(2)21-18(22)15-8-9-17(16(19)12-15)20-11-10-14-6-4-3-5-7-14/h6,8-9,12-13,20H,3-5,7,10-11,19H2,1-2H3,(H,21,22). The number of nitrogens with one attached hydrogen (secondary N) is 2. The fourth-order valence-corrected chi connectivity index (χ4v) is 2.70. The van der Waals surface area contributed by atoms with E-state index in [9.17, 15) is 4.79 Å². The number of nitrogens with two attached hydrogens (primary N) is 1. The van der Waals surface area contributed by atoms with E-state index < -0.39 is 0 Å². The quantitative estimate of drug-likeness (QED) is 0.554. The number of benzene rings is 1. The van der Waals surface area contributed by atoms with Crippen LogP contribution in [0.25, 0.3) is 0 Å². The zero-order valence-corrected chi connectivity index (χ0v) is 13.6. The molecular formula is C18H27N3O. The van der Waals surface area contributed by atoms with Gasteiger partial charge in [0.05, 0.1) is 11.4 Å². The minimum atomic E-state index is -0.0828. The lowest BCUT2D eigenvalue weighted by molar-refractivity contribution is 0.0943. The van der Waals surface area contributed by atoms with Crippen molar-refractivity contribution in [2.45, 2.75) is 52.0 Å². The Balaban J connectivity index is 1.89. The normalized spacial score (nSPS) is 14.6. The number of hydrogen-bond acceptors (Lipinski definition) is 3. The number of carbonyl (C=O) groups is 1. The Morgan fingerprint density at radius 2 is 2.14 bits per heavy atom. The number of amides is 1. The summed E-state index contributed by atoms with van der Waals surface area (Å²) < 4.78 is 0. The molecule has 0 saturated heterocycles. The predicted octanol–water partition coefficient (Wildman–Crippen LogP) is 3.71. The first-order valence-corrected chi connectivity index (χ1v) is 8.18. The van der Waals surface area contributed by atoms with Crippen molar-refractivity contribution in [2.75, 3.05) is 17.6 Å². The SMILES string of the molecule is CC(C)NC(=O)c1ccc(NCCC2=CCCCC2)c(N)c1. The maximum Gasteiger partial charge on any atom is 0.251 e.